The summed E-state index contributed by atoms with van der Waals surface area (Å²) < 4.78 is 0. The van der Waals surface area contributed by atoms with Gasteiger partial charge in [0, 0.05) is 13.0 Å². The van der Waals surface area contributed by atoms with E-state index in [4.69, 9.17) is 0 Å². The average molecular weight is 172 g/mol. The first-order valence-electron chi connectivity index (χ1n) is 4.77. The molecule has 1 rings (SSSR count). The zero-order chi connectivity index (χ0) is 9.40. The van der Waals surface area contributed by atoms with Gasteiger partial charge in [0.2, 0.25) is 5.91 Å². The van der Waals surface area contributed by atoms with Gasteiger partial charge in [-0.05, 0) is 25.9 Å². The van der Waals surface area contributed by atoms with Crippen LogP contribution in [0.25, 0.3) is 0 Å². The number of carbonyl (C=O) groups is 1. The Morgan fingerprint density at radius 2 is 1.83 bits per heavy atom. The number of hydrogen-bond donors (Lipinski definition) is 2. The molecular weight excluding hydrogens is 152 g/mol. The highest BCUT2D eigenvalue weighted by molar-refractivity contribution is 5.78. The molecule has 0 saturated carbocycles. The lowest BCUT2D eigenvalue weighted by atomic mass is 9.97. The molecule has 3 heteroatoms. The second-order valence-corrected chi connectivity index (χ2v) is 2.64. The van der Waals surface area contributed by atoms with Gasteiger partial charge in [0.1, 0.15) is 0 Å². The predicted octanol–water partition coefficient (Wildman–Crippen LogP) is 0.758. The zero-order valence-electron chi connectivity index (χ0n) is 8.31. The van der Waals surface area contributed by atoms with Gasteiger partial charge in [0.25, 0.3) is 0 Å². The number of rotatable bonds is 1. The minimum Gasteiger partial charge on any atom is -0.359 e. The van der Waals surface area contributed by atoms with Crippen molar-refractivity contribution in [3.05, 3.63) is 0 Å². The van der Waals surface area contributed by atoms with Crippen molar-refractivity contribution in [2.75, 3.05) is 20.1 Å². The second kappa shape index (κ2) is 7.10. The minimum atomic E-state index is 0.196. The molecule has 0 aromatic rings. The van der Waals surface area contributed by atoms with E-state index in [9.17, 15) is 4.79 Å². The maximum atomic E-state index is 11.0. The zero-order valence-corrected chi connectivity index (χ0v) is 8.31. The average Bonchev–Trinajstić information content (AvgIpc) is 2.21. The fourth-order valence-corrected chi connectivity index (χ4v) is 1.29. The number of carbonyl (C=O) groups excluding carboxylic acids is 1. The van der Waals surface area contributed by atoms with E-state index in [-0.39, 0.29) is 11.8 Å². The van der Waals surface area contributed by atoms with Crippen molar-refractivity contribution in [1.82, 2.24) is 10.6 Å². The fraction of sp³-hybridized carbons (Fsp3) is 0.889. The SMILES string of the molecule is CC.CNC(=O)C1CCNCC1. The van der Waals surface area contributed by atoms with Crippen LogP contribution in [0.1, 0.15) is 26.7 Å². The molecule has 0 radical (unpaired) electrons. The van der Waals surface area contributed by atoms with Crippen molar-refractivity contribution in [2.45, 2.75) is 26.7 Å². The summed E-state index contributed by atoms with van der Waals surface area (Å²) in [6, 6.07) is 0. The standard InChI is InChI=1S/C7H14N2O.C2H6/c1-8-7(10)6-2-4-9-5-3-6;1-2/h6,9H,2-5H2,1H3,(H,8,10);1-2H3. The van der Waals surface area contributed by atoms with Crippen LogP contribution in [0.4, 0.5) is 0 Å². The highest BCUT2D eigenvalue weighted by Gasteiger charge is 2.18. The predicted molar refractivity (Wildman–Crippen MR) is 51.0 cm³/mol. The normalized spacial score (nSPS) is 17.6. The Kier molecular flexibility index (Phi) is 6.76. The summed E-state index contributed by atoms with van der Waals surface area (Å²) in [6.07, 6.45) is 1.97. The molecule has 0 aromatic heterocycles. The molecular formula is C9H20N2O. The number of nitrogens with one attached hydrogen (secondary N) is 2. The topological polar surface area (TPSA) is 41.1 Å². The van der Waals surface area contributed by atoms with Gasteiger partial charge in [-0.2, -0.15) is 0 Å². The molecule has 0 unspecified atom stereocenters. The first-order chi connectivity index (χ1) is 5.84. The van der Waals surface area contributed by atoms with Crippen molar-refractivity contribution in [2.24, 2.45) is 5.92 Å². The van der Waals surface area contributed by atoms with Gasteiger partial charge in [0.05, 0.1) is 0 Å². The molecule has 0 aromatic carbocycles. The Hall–Kier alpha value is -0.570. The van der Waals surface area contributed by atoms with E-state index in [1.54, 1.807) is 7.05 Å². The molecule has 72 valence electrons. The fourth-order valence-electron chi connectivity index (χ4n) is 1.29. The highest BCUT2D eigenvalue weighted by Crippen LogP contribution is 2.10. The van der Waals surface area contributed by atoms with Crippen molar-refractivity contribution in [3.8, 4) is 0 Å². The van der Waals surface area contributed by atoms with Crippen LogP contribution in [0.5, 0.6) is 0 Å². The van der Waals surface area contributed by atoms with E-state index in [1.807, 2.05) is 13.8 Å². The third-order valence-electron chi connectivity index (χ3n) is 1.96. The highest BCUT2D eigenvalue weighted by atomic mass is 16.1. The van der Waals surface area contributed by atoms with Crippen LogP contribution in [-0.4, -0.2) is 26.0 Å². The molecule has 3 nitrogen and oxygen atoms in total. The van der Waals surface area contributed by atoms with Gasteiger partial charge in [-0.1, -0.05) is 13.8 Å². The first-order valence-corrected chi connectivity index (χ1v) is 4.77. The van der Waals surface area contributed by atoms with E-state index in [2.05, 4.69) is 10.6 Å². The Balaban J connectivity index is 0.000000561. The summed E-state index contributed by atoms with van der Waals surface area (Å²) >= 11 is 0. The number of hydrogen-bond acceptors (Lipinski definition) is 2. The third kappa shape index (κ3) is 3.72. The van der Waals surface area contributed by atoms with Crippen LogP contribution in [0.2, 0.25) is 0 Å². The molecule has 2 N–H and O–H groups in total. The summed E-state index contributed by atoms with van der Waals surface area (Å²) in [5.74, 6) is 0.452. The maximum Gasteiger partial charge on any atom is 0.222 e. The Labute approximate surface area is 74.9 Å². The van der Waals surface area contributed by atoms with Gasteiger partial charge in [-0.25, -0.2) is 0 Å². The molecule has 1 heterocycles. The Bertz CT molecular complexity index is 120. The summed E-state index contributed by atoms with van der Waals surface area (Å²) in [4.78, 5) is 11.0. The van der Waals surface area contributed by atoms with Gasteiger partial charge in [-0.3, -0.25) is 4.79 Å². The molecule has 0 atom stereocenters. The van der Waals surface area contributed by atoms with E-state index >= 15 is 0 Å². The third-order valence-corrected chi connectivity index (χ3v) is 1.96. The molecule has 1 aliphatic heterocycles. The minimum absolute atomic E-state index is 0.196. The van der Waals surface area contributed by atoms with Crippen LogP contribution in [-0.2, 0) is 4.79 Å². The molecule has 1 fully saturated rings. The van der Waals surface area contributed by atoms with Crippen molar-refractivity contribution in [3.63, 3.8) is 0 Å². The second-order valence-electron chi connectivity index (χ2n) is 2.64. The number of piperidine rings is 1. The van der Waals surface area contributed by atoms with Crippen LogP contribution < -0.4 is 10.6 Å². The first kappa shape index (κ1) is 11.4. The van der Waals surface area contributed by atoms with Gasteiger partial charge < -0.3 is 10.6 Å². The van der Waals surface area contributed by atoms with E-state index in [1.165, 1.54) is 0 Å². The lowest BCUT2D eigenvalue weighted by Gasteiger charge is -2.20. The lowest BCUT2D eigenvalue weighted by molar-refractivity contribution is -0.125. The summed E-state index contributed by atoms with van der Waals surface area (Å²) in [5.41, 5.74) is 0. The van der Waals surface area contributed by atoms with Crippen LogP contribution in [0.3, 0.4) is 0 Å². The van der Waals surface area contributed by atoms with E-state index in [0.717, 1.165) is 25.9 Å². The smallest absolute Gasteiger partial charge is 0.222 e. The molecule has 12 heavy (non-hydrogen) atoms. The Morgan fingerprint density at radius 1 is 1.33 bits per heavy atom. The van der Waals surface area contributed by atoms with E-state index < -0.39 is 0 Å². The number of amides is 1. The monoisotopic (exact) mass is 172 g/mol. The quantitative estimate of drug-likeness (QED) is 0.613. The molecule has 0 bridgehead atoms. The summed E-state index contributed by atoms with van der Waals surface area (Å²) in [7, 11) is 1.70. The Morgan fingerprint density at radius 3 is 2.25 bits per heavy atom. The molecule has 1 amide bonds. The molecule has 1 aliphatic rings. The summed E-state index contributed by atoms with van der Waals surface area (Å²) in [6.45, 7) is 5.97. The van der Waals surface area contributed by atoms with Crippen molar-refractivity contribution >= 4 is 5.91 Å². The van der Waals surface area contributed by atoms with Crippen molar-refractivity contribution < 1.29 is 4.79 Å². The molecule has 1 saturated heterocycles. The van der Waals surface area contributed by atoms with Crippen LogP contribution >= 0.6 is 0 Å². The molecule has 0 aliphatic carbocycles. The van der Waals surface area contributed by atoms with Crippen LogP contribution in [0, 0.1) is 5.92 Å². The largest absolute Gasteiger partial charge is 0.359 e. The van der Waals surface area contributed by atoms with E-state index in [0.29, 0.717) is 0 Å². The lowest BCUT2D eigenvalue weighted by Crippen LogP contribution is -2.36. The van der Waals surface area contributed by atoms with Crippen molar-refractivity contribution in [1.29, 1.82) is 0 Å². The van der Waals surface area contributed by atoms with Gasteiger partial charge in [0.15, 0.2) is 0 Å². The summed E-state index contributed by atoms with van der Waals surface area (Å²) in [5, 5.41) is 5.88. The maximum absolute atomic E-state index is 11.0. The van der Waals surface area contributed by atoms with Gasteiger partial charge >= 0.3 is 0 Å². The van der Waals surface area contributed by atoms with Crippen LogP contribution in [0.15, 0.2) is 0 Å². The molecule has 0 spiro atoms. The van der Waals surface area contributed by atoms with Gasteiger partial charge in [-0.15, -0.1) is 0 Å².